The van der Waals surface area contributed by atoms with E-state index in [4.69, 9.17) is 18.9 Å². The maximum atomic E-state index is 13.8. The SMILES string of the molecule is O=C(C1=C[C@@H](c2ccc3c(c2)OCO3)C[C@@H](OCc2ccc(CO)cc2)O1)N1CCC(n2c(=O)[nH]c3ccccc32)CC1. The van der Waals surface area contributed by atoms with Gasteiger partial charge in [-0.3, -0.25) is 9.36 Å². The van der Waals surface area contributed by atoms with Crippen LogP contribution in [0.2, 0.25) is 0 Å². The van der Waals surface area contributed by atoms with E-state index in [0.717, 1.165) is 27.7 Å². The molecule has 1 fully saturated rings. The van der Waals surface area contributed by atoms with Gasteiger partial charge >= 0.3 is 5.69 Å². The molecule has 2 N–H and O–H groups in total. The molecular formula is C33H33N3O7. The molecule has 0 bridgehead atoms. The summed E-state index contributed by atoms with van der Waals surface area (Å²) in [6.45, 7) is 1.49. The number of aliphatic hydroxyl groups excluding tert-OH is 1. The standard InChI is InChI=1S/C33H33N3O7/c37-18-21-5-7-22(8-6-21)19-40-31-17-24(23-9-10-28-29(15-23)42-20-41-28)16-30(43-31)32(38)35-13-11-25(12-14-35)36-27-4-2-1-3-26(27)34-33(36)39/h1-10,15-16,24-25,31,37H,11-14,17-20H2,(H,34,39)/t24-,31+/m1/s1. The van der Waals surface area contributed by atoms with Crippen molar-refractivity contribution in [2.45, 2.75) is 50.7 Å². The molecule has 2 atom stereocenters. The average Bonchev–Trinajstić information content (AvgIpc) is 3.66. The van der Waals surface area contributed by atoms with Crippen molar-refractivity contribution in [3.05, 3.63) is 106 Å². The monoisotopic (exact) mass is 583 g/mol. The van der Waals surface area contributed by atoms with Crippen molar-refractivity contribution in [2.24, 2.45) is 0 Å². The van der Waals surface area contributed by atoms with Crippen molar-refractivity contribution in [1.82, 2.24) is 14.5 Å². The zero-order chi connectivity index (χ0) is 29.3. The van der Waals surface area contributed by atoms with Gasteiger partial charge in [0, 0.05) is 31.5 Å². The van der Waals surface area contributed by atoms with Crippen molar-refractivity contribution in [3.8, 4) is 11.5 Å². The number of carbonyl (C=O) groups is 1. The number of piperidine rings is 1. The molecule has 3 aliphatic rings. The molecule has 0 aliphatic carbocycles. The third kappa shape index (κ3) is 5.51. The highest BCUT2D eigenvalue weighted by Crippen LogP contribution is 2.39. The first kappa shape index (κ1) is 27.3. The number of para-hydroxylation sites is 2. The van der Waals surface area contributed by atoms with Gasteiger partial charge < -0.3 is 33.9 Å². The number of likely N-dealkylation sites (tertiary alicyclic amines) is 1. The van der Waals surface area contributed by atoms with Gasteiger partial charge in [0.2, 0.25) is 13.1 Å². The fourth-order valence-corrected chi connectivity index (χ4v) is 6.14. The number of aromatic nitrogens is 2. The Morgan fingerprint density at radius 3 is 2.56 bits per heavy atom. The minimum Gasteiger partial charge on any atom is -0.459 e. The number of hydrogen-bond donors (Lipinski definition) is 2. The Morgan fingerprint density at radius 2 is 1.74 bits per heavy atom. The number of allylic oxidation sites excluding steroid dienone is 1. The smallest absolute Gasteiger partial charge is 0.326 e. The highest BCUT2D eigenvalue weighted by atomic mass is 16.7. The molecule has 3 aromatic carbocycles. The van der Waals surface area contributed by atoms with Gasteiger partial charge in [0.25, 0.3) is 5.91 Å². The zero-order valence-electron chi connectivity index (χ0n) is 23.6. The van der Waals surface area contributed by atoms with Gasteiger partial charge in [-0.2, -0.15) is 0 Å². The zero-order valence-corrected chi connectivity index (χ0v) is 23.6. The molecule has 0 unspecified atom stereocenters. The predicted octanol–water partition coefficient (Wildman–Crippen LogP) is 4.35. The molecular weight excluding hydrogens is 550 g/mol. The van der Waals surface area contributed by atoms with Gasteiger partial charge in [-0.05, 0) is 59.9 Å². The lowest BCUT2D eigenvalue weighted by Crippen LogP contribution is -2.42. The first-order chi connectivity index (χ1) is 21.1. The summed E-state index contributed by atoms with van der Waals surface area (Å²) in [7, 11) is 0. The van der Waals surface area contributed by atoms with Crippen LogP contribution < -0.4 is 15.2 Å². The van der Waals surface area contributed by atoms with E-state index in [-0.39, 0.29) is 42.7 Å². The van der Waals surface area contributed by atoms with Gasteiger partial charge in [0.1, 0.15) is 0 Å². The summed E-state index contributed by atoms with van der Waals surface area (Å²) < 4.78 is 25.3. The van der Waals surface area contributed by atoms with E-state index < -0.39 is 6.29 Å². The summed E-state index contributed by atoms with van der Waals surface area (Å²) in [6, 6.07) is 21.0. The Bertz CT molecular complexity index is 1720. The van der Waals surface area contributed by atoms with E-state index in [2.05, 4.69) is 4.98 Å². The normalized spacial score (nSPS) is 20.2. The Morgan fingerprint density at radius 1 is 0.977 bits per heavy atom. The summed E-state index contributed by atoms with van der Waals surface area (Å²) in [4.78, 5) is 31.3. The van der Waals surface area contributed by atoms with Crippen molar-refractivity contribution >= 4 is 16.9 Å². The molecule has 0 saturated carbocycles. The van der Waals surface area contributed by atoms with Gasteiger partial charge in [-0.1, -0.05) is 42.5 Å². The Balaban J connectivity index is 1.08. The number of amides is 1. The lowest BCUT2D eigenvalue weighted by molar-refractivity contribution is -0.156. The van der Waals surface area contributed by atoms with Crippen LogP contribution in [0.25, 0.3) is 11.0 Å². The molecule has 0 radical (unpaired) electrons. The molecule has 1 saturated heterocycles. The molecule has 0 spiro atoms. The quantitative estimate of drug-likeness (QED) is 0.333. The Hall–Kier alpha value is -4.54. The summed E-state index contributed by atoms with van der Waals surface area (Å²) in [5.74, 6) is 1.33. The van der Waals surface area contributed by atoms with E-state index in [9.17, 15) is 14.7 Å². The molecule has 3 aliphatic heterocycles. The Labute approximate surface area is 248 Å². The number of imidazole rings is 1. The van der Waals surface area contributed by atoms with Crippen LogP contribution in [0, 0.1) is 0 Å². The second-order valence-corrected chi connectivity index (χ2v) is 11.2. The lowest BCUT2D eigenvalue weighted by Gasteiger charge is -2.35. The number of nitrogens with zero attached hydrogens (tertiary/aromatic N) is 2. The third-order valence-corrected chi connectivity index (χ3v) is 8.48. The fourth-order valence-electron chi connectivity index (χ4n) is 6.14. The number of benzene rings is 3. The molecule has 4 aromatic rings. The van der Waals surface area contributed by atoms with Crippen LogP contribution in [0.3, 0.4) is 0 Å². The van der Waals surface area contributed by atoms with Crippen LogP contribution in [-0.2, 0) is 27.5 Å². The molecule has 10 heteroatoms. The summed E-state index contributed by atoms with van der Waals surface area (Å²) in [5, 5.41) is 9.34. The summed E-state index contributed by atoms with van der Waals surface area (Å²) in [6.07, 6.45) is 3.09. The molecule has 222 valence electrons. The first-order valence-corrected chi connectivity index (χ1v) is 14.6. The van der Waals surface area contributed by atoms with E-state index >= 15 is 0 Å². The van der Waals surface area contributed by atoms with Crippen LogP contribution in [0.15, 0.2) is 83.4 Å². The second kappa shape index (κ2) is 11.6. The van der Waals surface area contributed by atoms with Crippen molar-refractivity contribution < 1.29 is 28.8 Å². The first-order valence-electron chi connectivity index (χ1n) is 14.6. The van der Waals surface area contributed by atoms with Crippen LogP contribution in [-0.4, -0.2) is 51.6 Å². The van der Waals surface area contributed by atoms with Crippen LogP contribution >= 0.6 is 0 Å². The highest BCUT2D eigenvalue weighted by Gasteiger charge is 2.34. The number of H-pyrrole nitrogens is 1. The number of carbonyl (C=O) groups excluding carboxylic acids is 1. The molecule has 43 heavy (non-hydrogen) atoms. The second-order valence-electron chi connectivity index (χ2n) is 11.2. The number of rotatable bonds is 7. The minimum atomic E-state index is -0.640. The van der Waals surface area contributed by atoms with Crippen LogP contribution in [0.4, 0.5) is 0 Å². The molecule has 7 rings (SSSR count). The van der Waals surface area contributed by atoms with Gasteiger partial charge in [-0.15, -0.1) is 0 Å². The minimum absolute atomic E-state index is 0.00337. The van der Waals surface area contributed by atoms with E-state index in [1.807, 2.05) is 77.4 Å². The highest BCUT2D eigenvalue weighted by molar-refractivity contribution is 5.92. The number of aromatic amines is 1. The van der Waals surface area contributed by atoms with Crippen molar-refractivity contribution in [2.75, 3.05) is 19.9 Å². The maximum Gasteiger partial charge on any atom is 0.326 e. The summed E-state index contributed by atoms with van der Waals surface area (Å²) >= 11 is 0. The predicted molar refractivity (Wildman–Crippen MR) is 157 cm³/mol. The van der Waals surface area contributed by atoms with E-state index in [1.165, 1.54) is 0 Å². The Kier molecular flexibility index (Phi) is 7.38. The van der Waals surface area contributed by atoms with Gasteiger partial charge in [0.15, 0.2) is 17.3 Å². The third-order valence-electron chi connectivity index (χ3n) is 8.48. The van der Waals surface area contributed by atoms with E-state index in [1.54, 1.807) is 4.90 Å². The average molecular weight is 584 g/mol. The molecule has 1 amide bonds. The number of fused-ring (bicyclic) bond motifs is 2. The van der Waals surface area contributed by atoms with Gasteiger partial charge in [-0.25, -0.2) is 4.79 Å². The summed E-state index contributed by atoms with van der Waals surface area (Å²) in [5.41, 5.74) is 4.33. The maximum absolute atomic E-state index is 13.8. The molecule has 4 heterocycles. The topological polar surface area (TPSA) is 115 Å². The number of aliphatic hydroxyl groups is 1. The largest absolute Gasteiger partial charge is 0.459 e. The van der Waals surface area contributed by atoms with Crippen LogP contribution in [0.1, 0.15) is 47.9 Å². The number of hydrogen-bond acceptors (Lipinski definition) is 7. The lowest BCUT2D eigenvalue weighted by atomic mass is 9.92. The van der Waals surface area contributed by atoms with Gasteiger partial charge in [0.05, 0.1) is 24.2 Å². The molecule has 10 nitrogen and oxygen atoms in total. The van der Waals surface area contributed by atoms with Crippen LogP contribution in [0.5, 0.6) is 11.5 Å². The number of nitrogens with one attached hydrogen (secondary N) is 1. The number of ether oxygens (including phenoxy) is 4. The van der Waals surface area contributed by atoms with E-state index in [0.29, 0.717) is 50.5 Å². The molecule has 1 aromatic heterocycles. The fraction of sp³-hybridized carbons (Fsp3) is 0.333. The van der Waals surface area contributed by atoms with Crippen molar-refractivity contribution in [3.63, 3.8) is 0 Å². The van der Waals surface area contributed by atoms with Crippen molar-refractivity contribution in [1.29, 1.82) is 0 Å².